The number of benzene rings is 1. The average Bonchev–Trinajstić information content (AvgIpc) is 2.59. The van der Waals surface area contributed by atoms with Crippen molar-refractivity contribution in [1.82, 2.24) is 10.2 Å². The predicted molar refractivity (Wildman–Crippen MR) is 99.2 cm³/mol. The van der Waals surface area contributed by atoms with Gasteiger partial charge < -0.3 is 14.4 Å². The van der Waals surface area contributed by atoms with Crippen molar-refractivity contribution in [1.29, 1.82) is 4.78 Å². The number of hydrogen-bond donors (Lipinski definition) is 1. The van der Waals surface area contributed by atoms with E-state index in [0.29, 0.717) is 23.2 Å². The second-order valence-corrected chi connectivity index (χ2v) is 8.90. The first kappa shape index (κ1) is 17.7. The Morgan fingerprint density at radius 1 is 1.24 bits per heavy atom. The Morgan fingerprint density at radius 2 is 1.88 bits per heavy atom. The normalized spacial score (nSPS) is 18.1. The van der Waals surface area contributed by atoms with Crippen LogP contribution >= 0.6 is 0 Å². The third kappa shape index (κ3) is 3.95. The minimum absolute atomic E-state index is 0.349. The fourth-order valence-corrected chi connectivity index (χ4v) is 4.65. The first-order valence-corrected chi connectivity index (χ1v) is 10.4. The number of rotatable bonds is 5. The first-order valence-electron chi connectivity index (χ1n) is 8.25. The fourth-order valence-electron chi connectivity index (χ4n) is 3.41. The highest BCUT2D eigenvalue weighted by molar-refractivity contribution is 7.91. The maximum Gasteiger partial charge on any atom is 0.162 e. The molecule has 1 aromatic carbocycles. The first-order chi connectivity index (χ1) is 11.9. The van der Waals surface area contributed by atoms with Gasteiger partial charge in [0.05, 0.1) is 31.6 Å². The van der Waals surface area contributed by atoms with Crippen molar-refractivity contribution < 1.29 is 13.7 Å². The van der Waals surface area contributed by atoms with Gasteiger partial charge in [0.1, 0.15) is 0 Å². The van der Waals surface area contributed by atoms with Crippen LogP contribution in [0.25, 0.3) is 10.9 Å². The van der Waals surface area contributed by atoms with Gasteiger partial charge in [-0.3, -0.25) is 8.99 Å². The Hall–Kier alpha value is -2.09. The molecule has 3 rings (SSSR count). The lowest BCUT2D eigenvalue weighted by molar-refractivity contribution is 0.355. The molecule has 25 heavy (non-hydrogen) atoms. The highest BCUT2D eigenvalue weighted by Gasteiger charge is 2.23. The SMILES string of the molecule is COc1cc2nncc(N3CCC(CS(C)(=N)=O)CC3)c2cc1OC. The van der Waals surface area contributed by atoms with Crippen LogP contribution in [0.5, 0.6) is 11.5 Å². The average molecular weight is 364 g/mol. The van der Waals surface area contributed by atoms with Crippen molar-refractivity contribution in [3.05, 3.63) is 18.3 Å². The number of fused-ring (bicyclic) bond motifs is 1. The van der Waals surface area contributed by atoms with Gasteiger partial charge in [-0.25, -0.2) is 0 Å². The minimum atomic E-state index is -2.43. The van der Waals surface area contributed by atoms with Gasteiger partial charge >= 0.3 is 0 Å². The number of nitrogens with zero attached hydrogens (tertiary/aromatic N) is 3. The van der Waals surface area contributed by atoms with E-state index in [0.717, 1.165) is 42.5 Å². The molecule has 2 aromatic rings. The molecule has 0 saturated carbocycles. The van der Waals surface area contributed by atoms with E-state index in [-0.39, 0.29) is 0 Å². The van der Waals surface area contributed by atoms with Gasteiger partial charge in [0, 0.05) is 46.3 Å². The van der Waals surface area contributed by atoms with Crippen LogP contribution in [0.15, 0.2) is 18.3 Å². The molecule has 136 valence electrons. The van der Waals surface area contributed by atoms with Crippen molar-refractivity contribution in [2.45, 2.75) is 12.8 Å². The predicted octanol–water partition coefficient (Wildman–Crippen LogP) is 2.54. The molecule has 2 heterocycles. The highest BCUT2D eigenvalue weighted by atomic mass is 32.2. The summed E-state index contributed by atoms with van der Waals surface area (Å²) in [6.45, 7) is 1.71. The number of ether oxygens (including phenoxy) is 2. The number of nitrogens with one attached hydrogen (secondary N) is 1. The molecule has 1 N–H and O–H groups in total. The summed E-state index contributed by atoms with van der Waals surface area (Å²) in [7, 11) is 0.790. The molecule has 0 radical (unpaired) electrons. The van der Waals surface area contributed by atoms with Gasteiger partial charge in [-0.2, -0.15) is 10.2 Å². The van der Waals surface area contributed by atoms with Crippen molar-refractivity contribution >= 4 is 26.3 Å². The molecule has 1 aliphatic heterocycles. The molecule has 1 atom stereocenters. The van der Waals surface area contributed by atoms with Gasteiger partial charge in [0.2, 0.25) is 0 Å². The number of methoxy groups -OCH3 is 2. The summed E-state index contributed by atoms with van der Waals surface area (Å²) in [6, 6.07) is 3.77. The largest absolute Gasteiger partial charge is 0.493 e. The number of anilines is 1. The fraction of sp³-hybridized carbons (Fsp3) is 0.529. The number of piperidine rings is 1. The lowest BCUT2D eigenvalue weighted by Gasteiger charge is -2.34. The van der Waals surface area contributed by atoms with Crippen molar-refractivity contribution in [2.75, 3.05) is 44.2 Å². The van der Waals surface area contributed by atoms with Crippen molar-refractivity contribution in [2.24, 2.45) is 5.92 Å². The zero-order valence-electron chi connectivity index (χ0n) is 14.8. The third-order valence-electron chi connectivity index (χ3n) is 4.63. The summed E-state index contributed by atoms with van der Waals surface area (Å²) in [5.41, 5.74) is 1.78. The van der Waals surface area contributed by atoms with Crippen LogP contribution in [0.4, 0.5) is 5.69 Å². The second-order valence-electron chi connectivity index (χ2n) is 6.56. The van der Waals surface area contributed by atoms with Gasteiger partial charge in [-0.15, -0.1) is 0 Å². The molecule has 0 spiro atoms. The molecule has 8 heteroatoms. The molecule has 1 unspecified atom stereocenters. The van der Waals surface area contributed by atoms with E-state index >= 15 is 0 Å². The number of hydrogen-bond acceptors (Lipinski definition) is 7. The standard InChI is InChI=1S/C17H24N4O3S/c1-23-16-8-13-14(9-17(16)24-2)20-19-10-15(13)21-6-4-12(5-7-21)11-25(3,18)22/h8-10,12,18H,4-7,11H2,1-3H3. The zero-order valence-corrected chi connectivity index (χ0v) is 15.6. The van der Waals surface area contributed by atoms with Crippen LogP contribution < -0.4 is 14.4 Å². The van der Waals surface area contributed by atoms with Crippen LogP contribution in [-0.4, -0.2) is 53.7 Å². The molecule has 1 saturated heterocycles. The van der Waals surface area contributed by atoms with E-state index in [4.69, 9.17) is 14.3 Å². The van der Waals surface area contributed by atoms with Gasteiger partial charge in [0.25, 0.3) is 0 Å². The summed E-state index contributed by atoms with van der Waals surface area (Å²) in [6.07, 6.45) is 5.17. The summed E-state index contributed by atoms with van der Waals surface area (Å²) < 4.78 is 30.1. The third-order valence-corrected chi connectivity index (χ3v) is 5.74. The molecular weight excluding hydrogens is 340 g/mol. The van der Waals surface area contributed by atoms with Crippen LogP contribution in [-0.2, 0) is 9.73 Å². The lowest BCUT2D eigenvalue weighted by atomic mass is 9.98. The summed E-state index contributed by atoms with van der Waals surface area (Å²) in [5, 5.41) is 9.32. The van der Waals surface area contributed by atoms with E-state index in [1.54, 1.807) is 20.4 Å². The molecule has 1 aliphatic rings. The molecule has 1 fully saturated rings. The zero-order chi connectivity index (χ0) is 18.0. The van der Waals surface area contributed by atoms with Crippen LogP contribution in [0, 0.1) is 10.7 Å². The Balaban J connectivity index is 1.87. The van der Waals surface area contributed by atoms with Gasteiger partial charge in [-0.05, 0) is 24.8 Å². The maximum absolute atomic E-state index is 11.7. The highest BCUT2D eigenvalue weighted by Crippen LogP contribution is 2.36. The van der Waals surface area contributed by atoms with Gasteiger partial charge in [-0.1, -0.05) is 0 Å². The summed E-state index contributed by atoms with van der Waals surface area (Å²) >= 11 is 0. The molecule has 0 aliphatic carbocycles. The monoisotopic (exact) mass is 364 g/mol. The quantitative estimate of drug-likeness (QED) is 0.877. The van der Waals surface area contributed by atoms with E-state index in [1.165, 1.54) is 6.26 Å². The Morgan fingerprint density at radius 3 is 2.48 bits per heavy atom. The smallest absolute Gasteiger partial charge is 0.162 e. The van der Waals surface area contributed by atoms with E-state index in [1.807, 2.05) is 12.1 Å². The van der Waals surface area contributed by atoms with Crippen LogP contribution in [0.1, 0.15) is 12.8 Å². The summed E-state index contributed by atoms with van der Waals surface area (Å²) in [5.74, 6) is 2.13. The van der Waals surface area contributed by atoms with Crippen molar-refractivity contribution in [3.63, 3.8) is 0 Å². The molecule has 7 nitrogen and oxygen atoms in total. The van der Waals surface area contributed by atoms with Crippen LogP contribution in [0.2, 0.25) is 0 Å². The Labute approximate surface area is 148 Å². The summed E-state index contributed by atoms with van der Waals surface area (Å²) in [4.78, 5) is 2.28. The van der Waals surface area contributed by atoms with Crippen molar-refractivity contribution in [3.8, 4) is 11.5 Å². The number of aromatic nitrogens is 2. The lowest BCUT2D eigenvalue weighted by Crippen LogP contribution is -2.35. The molecule has 0 amide bonds. The minimum Gasteiger partial charge on any atom is -0.493 e. The molecule has 1 aromatic heterocycles. The topological polar surface area (TPSA) is 88.4 Å². The molecular formula is C17H24N4O3S. The van der Waals surface area contributed by atoms with E-state index in [2.05, 4.69) is 15.1 Å². The maximum atomic E-state index is 11.7. The van der Waals surface area contributed by atoms with Gasteiger partial charge in [0.15, 0.2) is 11.5 Å². The van der Waals surface area contributed by atoms with E-state index in [9.17, 15) is 4.21 Å². The van der Waals surface area contributed by atoms with E-state index < -0.39 is 9.73 Å². The second kappa shape index (κ2) is 7.03. The van der Waals surface area contributed by atoms with Crippen LogP contribution in [0.3, 0.4) is 0 Å². The Bertz CT molecular complexity index is 862. The Kier molecular flexibility index (Phi) is 4.99. The molecule has 0 bridgehead atoms.